The Hall–Kier alpha value is -0.650. The van der Waals surface area contributed by atoms with Crippen molar-refractivity contribution < 1.29 is 19.4 Å². The summed E-state index contributed by atoms with van der Waals surface area (Å²) in [4.78, 5) is 14.1. The van der Waals surface area contributed by atoms with E-state index in [2.05, 4.69) is 0 Å². The van der Waals surface area contributed by atoms with E-state index < -0.39 is 11.4 Å². The van der Waals surface area contributed by atoms with E-state index in [1.165, 1.54) is 0 Å². The number of rotatable bonds is 1. The second-order valence-electron chi connectivity index (χ2n) is 5.30. The lowest BCUT2D eigenvalue weighted by atomic mass is 9.95. The average Bonchev–Trinajstić information content (AvgIpc) is 2.82. The van der Waals surface area contributed by atoms with E-state index in [1.807, 2.05) is 0 Å². The molecule has 0 saturated carbocycles. The first kappa shape index (κ1) is 10.5. The van der Waals surface area contributed by atoms with Crippen LogP contribution >= 0.6 is 0 Å². The topological polar surface area (TPSA) is 59.0 Å². The number of ether oxygens (including phenoxy) is 2. The van der Waals surface area contributed by atoms with Gasteiger partial charge in [-0.15, -0.1) is 0 Å². The van der Waals surface area contributed by atoms with Crippen LogP contribution in [0.5, 0.6) is 0 Å². The van der Waals surface area contributed by atoms with Crippen molar-refractivity contribution >= 4 is 5.91 Å². The first-order valence-electron chi connectivity index (χ1n) is 5.80. The molecular weight excluding hydrogens is 210 g/mol. The number of fused-ring (bicyclic) bond motifs is 3. The molecule has 0 aliphatic carbocycles. The highest BCUT2D eigenvalue weighted by Crippen LogP contribution is 2.47. The van der Waals surface area contributed by atoms with Crippen molar-refractivity contribution in [1.82, 2.24) is 4.90 Å². The fraction of sp³-hybridized carbons (Fsp3) is 0.909. The molecule has 90 valence electrons. The van der Waals surface area contributed by atoms with E-state index in [4.69, 9.17) is 9.47 Å². The molecule has 3 fully saturated rings. The van der Waals surface area contributed by atoms with Crippen LogP contribution in [0.4, 0.5) is 0 Å². The predicted molar refractivity (Wildman–Crippen MR) is 54.6 cm³/mol. The van der Waals surface area contributed by atoms with Gasteiger partial charge in [0.05, 0.1) is 12.6 Å². The summed E-state index contributed by atoms with van der Waals surface area (Å²) in [5.41, 5.74) is -1.14. The van der Waals surface area contributed by atoms with Crippen LogP contribution in [-0.2, 0) is 14.3 Å². The predicted octanol–water partition coefficient (Wildman–Crippen LogP) is -0.126. The monoisotopic (exact) mass is 227 g/mol. The largest absolute Gasteiger partial charge is 0.393 e. The molecule has 0 aromatic carbocycles. The molecule has 3 rings (SSSR count). The van der Waals surface area contributed by atoms with Gasteiger partial charge in [-0.2, -0.15) is 0 Å². The number of hydrogen-bond acceptors (Lipinski definition) is 4. The second kappa shape index (κ2) is 2.97. The zero-order valence-corrected chi connectivity index (χ0v) is 9.60. The summed E-state index contributed by atoms with van der Waals surface area (Å²) in [5, 5.41) is 9.53. The number of hydrogen-bond donors (Lipinski definition) is 1. The van der Waals surface area contributed by atoms with Crippen molar-refractivity contribution in [1.29, 1.82) is 0 Å². The van der Waals surface area contributed by atoms with E-state index in [1.54, 1.807) is 18.7 Å². The Bertz CT molecular complexity index is 343. The minimum Gasteiger partial charge on any atom is -0.393 e. The van der Waals surface area contributed by atoms with Gasteiger partial charge >= 0.3 is 0 Å². The number of aliphatic hydroxyl groups is 1. The Morgan fingerprint density at radius 3 is 3.00 bits per heavy atom. The van der Waals surface area contributed by atoms with Gasteiger partial charge in [0, 0.05) is 6.54 Å². The molecule has 3 aliphatic heterocycles. The number of aliphatic hydroxyl groups excluding tert-OH is 1. The van der Waals surface area contributed by atoms with E-state index in [9.17, 15) is 9.90 Å². The number of nitrogens with zero attached hydrogens (tertiary/aromatic N) is 1. The van der Waals surface area contributed by atoms with Gasteiger partial charge in [-0.25, -0.2) is 0 Å². The minimum atomic E-state index is -1.14. The number of carbonyl (C=O) groups excluding carboxylic acids is 1. The highest BCUT2D eigenvalue weighted by Gasteiger charge is 2.68. The van der Waals surface area contributed by atoms with Crippen LogP contribution in [0.15, 0.2) is 0 Å². The molecule has 3 heterocycles. The summed E-state index contributed by atoms with van der Waals surface area (Å²) in [7, 11) is 0. The van der Waals surface area contributed by atoms with E-state index in [0.717, 1.165) is 19.4 Å². The first-order chi connectivity index (χ1) is 7.50. The number of amides is 1. The van der Waals surface area contributed by atoms with Crippen LogP contribution in [0.3, 0.4) is 0 Å². The normalized spacial score (nSPS) is 44.9. The van der Waals surface area contributed by atoms with Gasteiger partial charge in [0.2, 0.25) is 5.60 Å². The molecule has 0 aromatic rings. The lowest BCUT2D eigenvalue weighted by Gasteiger charge is -2.26. The van der Waals surface area contributed by atoms with Gasteiger partial charge < -0.3 is 19.5 Å². The number of carbonyl (C=O) groups is 1. The lowest BCUT2D eigenvalue weighted by molar-refractivity contribution is -0.189. The highest BCUT2D eigenvalue weighted by molar-refractivity contribution is 5.90. The van der Waals surface area contributed by atoms with Crippen LogP contribution in [-0.4, -0.2) is 52.6 Å². The minimum absolute atomic E-state index is 0.0847. The van der Waals surface area contributed by atoms with E-state index in [0.29, 0.717) is 0 Å². The quantitative estimate of drug-likeness (QED) is 0.678. The molecule has 5 heteroatoms. The molecule has 0 radical (unpaired) electrons. The highest BCUT2D eigenvalue weighted by atomic mass is 16.8. The molecule has 1 N–H and O–H groups in total. The van der Waals surface area contributed by atoms with E-state index in [-0.39, 0.29) is 24.7 Å². The maximum Gasteiger partial charge on any atom is 0.260 e. The Morgan fingerprint density at radius 2 is 2.31 bits per heavy atom. The van der Waals surface area contributed by atoms with Gasteiger partial charge in [0.25, 0.3) is 5.91 Å². The Balaban J connectivity index is 2.01. The van der Waals surface area contributed by atoms with Gasteiger partial charge in [-0.1, -0.05) is 0 Å². The molecule has 1 amide bonds. The van der Waals surface area contributed by atoms with Crippen LogP contribution < -0.4 is 0 Å². The van der Waals surface area contributed by atoms with E-state index >= 15 is 0 Å². The molecule has 0 aromatic heterocycles. The maximum atomic E-state index is 12.3. The third-order valence-electron chi connectivity index (χ3n) is 3.80. The van der Waals surface area contributed by atoms with Crippen molar-refractivity contribution in [2.45, 2.75) is 50.2 Å². The van der Waals surface area contributed by atoms with Gasteiger partial charge in [0.15, 0.2) is 5.79 Å². The second-order valence-corrected chi connectivity index (χ2v) is 5.30. The van der Waals surface area contributed by atoms with Crippen molar-refractivity contribution in [2.24, 2.45) is 0 Å². The molecule has 0 spiro atoms. The summed E-state index contributed by atoms with van der Waals surface area (Å²) in [6.45, 7) is 4.03. The van der Waals surface area contributed by atoms with Crippen LogP contribution in [0.2, 0.25) is 0 Å². The summed E-state index contributed by atoms with van der Waals surface area (Å²) in [6.07, 6.45) is 1.64. The third-order valence-corrected chi connectivity index (χ3v) is 3.80. The third kappa shape index (κ3) is 1.08. The Labute approximate surface area is 94.3 Å². The molecule has 5 nitrogen and oxygen atoms in total. The molecule has 0 bridgehead atoms. The average molecular weight is 227 g/mol. The van der Waals surface area contributed by atoms with Gasteiger partial charge in [-0.3, -0.25) is 4.79 Å². The van der Waals surface area contributed by atoms with Crippen LogP contribution in [0.25, 0.3) is 0 Å². The first-order valence-corrected chi connectivity index (χ1v) is 5.80. The summed E-state index contributed by atoms with van der Waals surface area (Å²) in [5.74, 6) is -0.884. The molecule has 3 saturated heterocycles. The van der Waals surface area contributed by atoms with Crippen molar-refractivity contribution in [3.63, 3.8) is 0 Å². The summed E-state index contributed by atoms with van der Waals surface area (Å²) >= 11 is 0. The summed E-state index contributed by atoms with van der Waals surface area (Å²) in [6, 6.07) is 0.0847. The lowest BCUT2D eigenvalue weighted by Crippen LogP contribution is -2.49. The molecule has 3 unspecified atom stereocenters. The van der Waals surface area contributed by atoms with Crippen molar-refractivity contribution in [2.75, 3.05) is 13.2 Å². The van der Waals surface area contributed by atoms with Crippen LogP contribution in [0, 0.1) is 0 Å². The molecule has 3 atom stereocenters. The zero-order chi connectivity index (χ0) is 11.6. The SMILES string of the molecule is CC1(C)OC2C3CCCN3C(=O)C2(CO)O1. The van der Waals surface area contributed by atoms with Crippen LogP contribution in [0.1, 0.15) is 26.7 Å². The molecule has 3 aliphatic rings. The fourth-order valence-corrected chi connectivity index (χ4v) is 3.27. The van der Waals surface area contributed by atoms with Crippen molar-refractivity contribution in [3.8, 4) is 0 Å². The van der Waals surface area contributed by atoms with Gasteiger partial charge in [-0.05, 0) is 26.7 Å². The Morgan fingerprint density at radius 1 is 1.56 bits per heavy atom. The Kier molecular flexibility index (Phi) is 1.95. The maximum absolute atomic E-state index is 12.3. The summed E-state index contributed by atoms with van der Waals surface area (Å²) < 4.78 is 11.5. The fourth-order valence-electron chi connectivity index (χ4n) is 3.27. The molecular formula is C11H17NO4. The zero-order valence-electron chi connectivity index (χ0n) is 9.60. The smallest absolute Gasteiger partial charge is 0.260 e. The standard InChI is InChI=1S/C11H17NO4/c1-10(2)15-8-7-4-3-5-12(7)9(14)11(8,6-13)16-10/h7-8,13H,3-6H2,1-2H3. The molecule has 16 heavy (non-hydrogen) atoms. The van der Waals surface area contributed by atoms with Gasteiger partial charge in [0.1, 0.15) is 6.10 Å². The van der Waals surface area contributed by atoms with Crippen molar-refractivity contribution in [3.05, 3.63) is 0 Å².